The molecule has 1 N–H and O–H groups in total. The van der Waals surface area contributed by atoms with Crippen molar-refractivity contribution in [2.45, 2.75) is 38.3 Å². The zero-order valence-corrected chi connectivity index (χ0v) is 18.2. The van der Waals surface area contributed by atoms with Crippen LogP contribution in [-0.4, -0.2) is 60.8 Å². The van der Waals surface area contributed by atoms with Crippen LogP contribution in [0.3, 0.4) is 0 Å². The van der Waals surface area contributed by atoms with Crippen LogP contribution in [0.25, 0.3) is 10.8 Å². The van der Waals surface area contributed by atoms with Gasteiger partial charge in [0.15, 0.2) is 6.61 Å². The number of carbonyl (C=O) groups excluding carboxylic acids is 2. The van der Waals surface area contributed by atoms with Gasteiger partial charge in [0.05, 0.1) is 5.69 Å². The first-order valence-electron chi connectivity index (χ1n) is 11.2. The number of carbonyl (C=O) groups is 2. The van der Waals surface area contributed by atoms with E-state index in [9.17, 15) is 22.8 Å². The first kappa shape index (κ1) is 23.1. The smallest absolute Gasteiger partial charge is 0.422 e. The number of aromatic nitrogens is 1. The van der Waals surface area contributed by atoms with E-state index in [-0.39, 0.29) is 24.9 Å². The Morgan fingerprint density at radius 1 is 1.03 bits per heavy atom. The highest BCUT2D eigenvalue weighted by molar-refractivity contribution is 6.06. The fourth-order valence-corrected chi connectivity index (χ4v) is 4.49. The topological polar surface area (TPSA) is 74.8 Å². The predicted octanol–water partition coefficient (Wildman–Crippen LogP) is 4.57. The predicted molar refractivity (Wildman–Crippen MR) is 118 cm³/mol. The standard InChI is InChI=1S/C23H27F3N4O3/c24-23(25,26)15-33-22(32)30-12-7-16(8-13-30)21(31)28-19-4-5-20(29-10-2-1-3-11-29)17-6-9-27-14-18(17)19/h4-6,9,14,16H,1-3,7-8,10-13,15H2,(H,28,31). The summed E-state index contributed by atoms with van der Waals surface area (Å²) in [5.41, 5.74) is 1.81. The van der Waals surface area contributed by atoms with Crippen molar-refractivity contribution < 1.29 is 27.5 Å². The second-order valence-electron chi connectivity index (χ2n) is 8.52. The molecule has 0 unspecified atom stereocenters. The van der Waals surface area contributed by atoms with Gasteiger partial charge in [0.2, 0.25) is 5.91 Å². The maximum Gasteiger partial charge on any atom is 0.422 e. The van der Waals surface area contributed by atoms with E-state index in [0.717, 1.165) is 42.4 Å². The number of fused-ring (bicyclic) bond motifs is 1. The average Bonchev–Trinajstić information content (AvgIpc) is 2.83. The number of hydrogen-bond acceptors (Lipinski definition) is 5. The van der Waals surface area contributed by atoms with Crippen LogP contribution in [0.4, 0.5) is 29.3 Å². The Morgan fingerprint density at radius 3 is 2.45 bits per heavy atom. The zero-order chi connectivity index (χ0) is 23.4. The van der Waals surface area contributed by atoms with Crippen molar-refractivity contribution in [2.75, 3.05) is 43.0 Å². The molecule has 1 aromatic carbocycles. The van der Waals surface area contributed by atoms with Crippen molar-refractivity contribution >= 4 is 34.1 Å². The third-order valence-electron chi connectivity index (χ3n) is 6.23. The number of nitrogens with one attached hydrogen (secondary N) is 1. The van der Waals surface area contributed by atoms with Crippen LogP contribution in [0.15, 0.2) is 30.6 Å². The largest absolute Gasteiger partial charge is 0.440 e. The molecule has 0 atom stereocenters. The van der Waals surface area contributed by atoms with Crippen LogP contribution in [0.1, 0.15) is 32.1 Å². The first-order valence-corrected chi connectivity index (χ1v) is 11.2. The lowest BCUT2D eigenvalue weighted by molar-refractivity contribution is -0.162. The summed E-state index contributed by atoms with van der Waals surface area (Å²) in [6.07, 6.45) is 2.20. The number of ether oxygens (including phenoxy) is 1. The van der Waals surface area contributed by atoms with Crippen molar-refractivity contribution in [1.82, 2.24) is 9.88 Å². The van der Waals surface area contributed by atoms with Gasteiger partial charge in [0.1, 0.15) is 0 Å². The van der Waals surface area contributed by atoms with Gasteiger partial charge >= 0.3 is 12.3 Å². The van der Waals surface area contributed by atoms with Crippen LogP contribution >= 0.6 is 0 Å². The highest BCUT2D eigenvalue weighted by Gasteiger charge is 2.33. The number of likely N-dealkylation sites (tertiary alicyclic amines) is 1. The number of hydrogen-bond donors (Lipinski definition) is 1. The molecule has 33 heavy (non-hydrogen) atoms. The van der Waals surface area contributed by atoms with Crippen molar-refractivity contribution in [3.63, 3.8) is 0 Å². The van der Waals surface area contributed by atoms with Gasteiger partial charge in [-0.3, -0.25) is 9.78 Å². The molecular weight excluding hydrogens is 437 g/mol. The number of benzene rings is 1. The van der Waals surface area contributed by atoms with Gasteiger partial charge in [-0.05, 0) is 50.3 Å². The molecule has 1 aromatic heterocycles. The van der Waals surface area contributed by atoms with E-state index in [4.69, 9.17) is 0 Å². The molecule has 2 saturated heterocycles. The van der Waals surface area contributed by atoms with Crippen molar-refractivity contribution in [2.24, 2.45) is 5.92 Å². The Morgan fingerprint density at radius 2 is 1.76 bits per heavy atom. The van der Waals surface area contributed by atoms with E-state index < -0.39 is 18.9 Å². The summed E-state index contributed by atoms with van der Waals surface area (Å²) in [6, 6.07) is 5.89. The summed E-state index contributed by atoms with van der Waals surface area (Å²) in [4.78, 5) is 32.5. The highest BCUT2D eigenvalue weighted by atomic mass is 19.4. The Bertz CT molecular complexity index is 1000. The summed E-state index contributed by atoms with van der Waals surface area (Å²) >= 11 is 0. The van der Waals surface area contributed by atoms with Gasteiger partial charge in [-0.15, -0.1) is 0 Å². The van der Waals surface area contributed by atoms with Crippen LogP contribution in [-0.2, 0) is 9.53 Å². The van der Waals surface area contributed by atoms with Gasteiger partial charge < -0.3 is 19.9 Å². The number of halogens is 3. The quantitative estimate of drug-likeness (QED) is 0.717. The molecule has 0 aliphatic carbocycles. The molecule has 3 heterocycles. The molecule has 2 aliphatic rings. The maximum atomic E-state index is 12.9. The number of alkyl halides is 3. The molecule has 0 spiro atoms. The Labute approximate surface area is 189 Å². The normalized spacial score (nSPS) is 17.8. The molecule has 0 bridgehead atoms. The SMILES string of the molecule is O=C(Nc1ccc(N2CCCCC2)c2ccncc12)C1CCN(C(=O)OCC(F)(F)F)CC1. The summed E-state index contributed by atoms with van der Waals surface area (Å²) in [7, 11) is 0. The Hall–Kier alpha value is -3.04. The number of rotatable bonds is 4. The molecule has 0 radical (unpaired) electrons. The summed E-state index contributed by atoms with van der Waals surface area (Å²) in [6.45, 7) is 0.747. The first-order chi connectivity index (χ1) is 15.8. The summed E-state index contributed by atoms with van der Waals surface area (Å²) < 4.78 is 41.0. The lowest BCUT2D eigenvalue weighted by Crippen LogP contribution is -2.42. The fraction of sp³-hybridized carbons (Fsp3) is 0.522. The molecule has 0 saturated carbocycles. The lowest BCUT2D eigenvalue weighted by Gasteiger charge is -2.31. The molecular formula is C23H27F3N4O3. The number of pyridine rings is 1. The maximum absolute atomic E-state index is 12.9. The van der Waals surface area contributed by atoms with Gasteiger partial charge in [0, 0.05) is 61.0 Å². The van der Waals surface area contributed by atoms with E-state index in [1.54, 1.807) is 12.4 Å². The van der Waals surface area contributed by atoms with E-state index >= 15 is 0 Å². The third-order valence-corrected chi connectivity index (χ3v) is 6.23. The van der Waals surface area contributed by atoms with Gasteiger partial charge in [0.25, 0.3) is 0 Å². The zero-order valence-electron chi connectivity index (χ0n) is 18.2. The highest BCUT2D eigenvalue weighted by Crippen LogP contribution is 2.34. The van der Waals surface area contributed by atoms with Gasteiger partial charge in [-0.1, -0.05) is 0 Å². The second kappa shape index (κ2) is 9.84. The second-order valence-corrected chi connectivity index (χ2v) is 8.52. The monoisotopic (exact) mass is 464 g/mol. The number of amides is 2. The lowest BCUT2D eigenvalue weighted by atomic mass is 9.96. The summed E-state index contributed by atoms with van der Waals surface area (Å²) in [5.74, 6) is -0.514. The third kappa shape index (κ3) is 5.66. The van der Waals surface area contributed by atoms with Crippen molar-refractivity contribution in [1.29, 1.82) is 0 Å². The molecule has 7 nitrogen and oxygen atoms in total. The van der Waals surface area contributed by atoms with Crippen LogP contribution in [0.2, 0.25) is 0 Å². The molecule has 2 amide bonds. The average molecular weight is 464 g/mol. The summed E-state index contributed by atoms with van der Waals surface area (Å²) in [5, 5.41) is 4.89. The molecule has 10 heteroatoms. The minimum atomic E-state index is -4.56. The number of nitrogens with zero attached hydrogens (tertiary/aromatic N) is 3. The Kier molecular flexibility index (Phi) is 6.90. The molecule has 2 aliphatic heterocycles. The minimum Gasteiger partial charge on any atom is -0.440 e. The van der Waals surface area contributed by atoms with Crippen LogP contribution in [0, 0.1) is 5.92 Å². The van der Waals surface area contributed by atoms with E-state index in [1.165, 1.54) is 11.3 Å². The van der Waals surface area contributed by atoms with E-state index in [1.807, 2.05) is 18.2 Å². The van der Waals surface area contributed by atoms with Crippen molar-refractivity contribution in [3.8, 4) is 0 Å². The number of anilines is 2. The molecule has 2 fully saturated rings. The van der Waals surface area contributed by atoms with Crippen LogP contribution in [0.5, 0.6) is 0 Å². The van der Waals surface area contributed by atoms with Crippen LogP contribution < -0.4 is 10.2 Å². The van der Waals surface area contributed by atoms with Gasteiger partial charge in [-0.2, -0.15) is 13.2 Å². The number of piperidine rings is 2. The molecule has 178 valence electrons. The molecule has 4 rings (SSSR count). The van der Waals surface area contributed by atoms with E-state index in [0.29, 0.717) is 18.5 Å². The Balaban J connectivity index is 1.39. The minimum absolute atomic E-state index is 0.172. The van der Waals surface area contributed by atoms with Gasteiger partial charge in [-0.25, -0.2) is 4.79 Å². The fourth-order valence-electron chi connectivity index (χ4n) is 4.49. The van der Waals surface area contributed by atoms with E-state index in [2.05, 4.69) is 19.9 Å². The van der Waals surface area contributed by atoms with Crippen molar-refractivity contribution in [3.05, 3.63) is 30.6 Å². The molecule has 2 aromatic rings.